The van der Waals surface area contributed by atoms with Crippen molar-refractivity contribution < 1.29 is 13.6 Å². The molecule has 7 heteroatoms. The monoisotopic (exact) mass is 484 g/mol. The van der Waals surface area contributed by atoms with E-state index in [1.54, 1.807) is 17.9 Å². The highest BCUT2D eigenvalue weighted by atomic mass is 19.1. The number of amides is 2. The molecule has 1 aliphatic heterocycles. The summed E-state index contributed by atoms with van der Waals surface area (Å²) in [5, 5.41) is 2.79. The average Bonchev–Trinajstić information content (AvgIpc) is 2.87. The van der Waals surface area contributed by atoms with E-state index in [2.05, 4.69) is 27.3 Å². The number of benzene rings is 1. The van der Waals surface area contributed by atoms with Crippen molar-refractivity contribution in [2.45, 2.75) is 77.2 Å². The number of carbonyl (C=O) groups excluding carboxylic acids is 1. The Morgan fingerprint density at radius 2 is 1.80 bits per heavy atom. The topological polar surface area (TPSA) is 47.9 Å². The van der Waals surface area contributed by atoms with Gasteiger partial charge in [0.1, 0.15) is 12.0 Å². The highest BCUT2D eigenvalue weighted by Crippen LogP contribution is 2.25. The lowest BCUT2D eigenvalue weighted by Gasteiger charge is -2.38. The predicted molar refractivity (Wildman–Crippen MR) is 139 cm³/mol. The summed E-state index contributed by atoms with van der Waals surface area (Å²) in [5.41, 5.74) is 1.77. The van der Waals surface area contributed by atoms with Gasteiger partial charge in [-0.25, -0.2) is 13.6 Å². The zero-order valence-electron chi connectivity index (χ0n) is 20.9. The molecular weight excluding hydrogens is 446 g/mol. The van der Waals surface area contributed by atoms with Gasteiger partial charge >= 0.3 is 6.03 Å². The standard InChI is InChI=1S/C28H38F2N4O/c1-3-8-27(19-23(29)4-2)34(28(35)32-21-31-25-13-11-24(30)12-14-25)26-15-17-33(18-16-26)20-22-9-6-5-7-10-22/h3-10,19,21,24-26H,11-18,20H2,1-2H3,(H,31,32,35)/b8-3-,23-4+,27-19+. The van der Waals surface area contributed by atoms with Crippen LogP contribution >= 0.6 is 0 Å². The number of alkyl halides is 1. The maximum atomic E-state index is 14.3. The molecule has 1 saturated carbocycles. The van der Waals surface area contributed by atoms with E-state index in [1.807, 2.05) is 31.2 Å². The third kappa shape index (κ3) is 8.42. The molecule has 2 aliphatic rings. The molecule has 0 unspecified atom stereocenters. The lowest BCUT2D eigenvalue weighted by molar-refractivity contribution is 0.138. The highest BCUT2D eigenvalue weighted by Gasteiger charge is 2.30. The summed E-state index contributed by atoms with van der Waals surface area (Å²) in [7, 11) is 0. The van der Waals surface area contributed by atoms with Crippen molar-refractivity contribution in [3.8, 4) is 0 Å². The number of aliphatic imine (C=N–C) groups is 1. The number of likely N-dealkylation sites (tertiary alicyclic amines) is 1. The quantitative estimate of drug-likeness (QED) is 0.267. The smallest absolute Gasteiger partial charge is 0.299 e. The van der Waals surface area contributed by atoms with Crippen LogP contribution in [-0.2, 0) is 6.54 Å². The molecule has 1 aromatic rings. The lowest BCUT2D eigenvalue weighted by Crippen LogP contribution is -2.49. The lowest BCUT2D eigenvalue weighted by atomic mass is 9.95. The third-order valence-electron chi connectivity index (χ3n) is 6.67. The molecule has 0 radical (unpaired) electrons. The Labute approximate surface area is 208 Å². The van der Waals surface area contributed by atoms with E-state index in [9.17, 15) is 13.6 Å². The molecular formula is C28H38F2N4O. The van der Waals surface area contributed by atoms with Crippen molar-refractivity contribution in [3.63, 3.8) is 0 Å². The fraction of sp³-hybridized carbons (Fsp3) is 0.500. The summed E-state index contributed by atoms with van der Waals surface area (Å²) in [6.45, 7) is 6.05. The minimum absolute atomic E-state index is 0.0306. The van der Waals surface area contributed by atoms with Crippen molar-refractivity contribution in [1.82, 2.24) is 15.1 Å². The predicted octanol–water partition coefficient (Wildman–Crippen LogP) is 6.30. The molecule has 1 saturated heterocycles. The molecule has 35 heavy (non-hydrogen) atoms. The molecule has 1 N–H and O–H groups in total. The van der Waals surface area contributed by atoms with E-state index in [-0.39, 0.29) is 18.1 Å². The maximum Gasteiger partial charge on any atom is 0.327 e. The molecule has 5 nitrogen and oxygen atoms in total. The Bertz CT molecular complexity index is 912. The summed E-state index contributed by atoms with van der Waals surface area (Å²) in [4.78, 5) is 21.8. The molecule has 2 fully saturated rings. The first kappa shape index (κ1) is 26.8. The van der Waals surface area contributed by atoms with Gasteiger partial charge in [0.25, 0.3) is 0 Å². The normalized spacial score (nSPS) is 23.2. The summed E-state index contributed by atoms with van der Waals surface area (Å²) in [6, 6.07) is 9.98. The van der Waals surface area contributed by atoms with Crippen LogP contribution in [0.25, 0.3) is 0 Å². The van der Waals surface area contributed by atoms with Gasteiger partial charge in [-0.15, -0.1) is 0 Å². The fourth-order valence-electron chi connectivity index (χ4n) is 4.72. The van der Waals surface area contributed by atoms with Crippen LogP contribution in [0, 0.1) is 0 Å². The molecule has 2 amide bonds. The number of carbonyl (C=O) groups is 1. The van der Waals surface area contributed by atoms with Crippen LogP contribution in [0.15, 0.2) is 71.2 Å². The van der Waals surface area contributed by atoms with Crippen LogP contribution in [0.1, 0.15) is 57.9 Å². The Kier molecular flexibility index (Phi) is 10.7. The molecule has 1 aliphatic carbocycles. The average molecular weight is 485 g/mol. The summed E-state index contributed by atoms with van der Waals surface area (Å²) in [6.07, 6.45) is 11.0. The van der Waals surface area contributed by atoms with E-state index in [1.165, 1.54) is 24.1 Å². The molecule has 190 valence electrons. The van der Waals surface area contributed by atoms with Crippen molar-refractivity contribution in [2.75, 3.05) is 13.1 Å². The van der Waals surface area contributed by atoms with Gasteiger partial charge in [-0.2, -0.15) is 0 Å². The summed E-state index contributed by atoms with van der Waals surface area (Å²) in [5.74, 6) is -0.394. The van der Waals surface area contributed by atoms with Crippen LogP contribution in [-0.4, -0.2) is 53.5 Å². The van der Waals surface area contributed by atoms with Crippen molar-refractivity contribution in [3.05, 3.63) is 71.7 Å². The van der Waals surface area contributed by atoms with Crippen molar-refractivity contribution in [2.24, 2.45) is 4.99 Å². The van der Waals surface area contributed by atoms with Crippen LogP contribution < -0.4 is 5.32 Å². The first-order chi connectivity index (χ1) is 17.0. The second-order valence-electron chi connectivity index (χ2n) is 9.24. The number of rotatable bonds is 8. The first-order valence-electron chi connectivity index (χ1n) is 12.7. The number of piperidine rings is 1. The molecule has 0 atom stereocenters. The molecule has 0 spiro atoms. The van der Waals surface area contributed by atoms with Crippen LogP contribution in [0.3, 0.4) is 0 Å². The van der Waals surface area contributed by atoms with Gasteiger partial charge < -0.3 is 0 Å². The van der Waals surface area contributed by atoms with E-state index >= 15 is 0 Å². The Hall–Kier alpha value is -2.80. The van der Waals surface area contributed by atoms with Gasteiger partial charge in [0.2, 0.25) is 0 Å². The van der Waals surface area contributed by atoms with Crippen molar-refractivity contribution >= 4 is 12.4 Å². The third-order valence-corrected chi connectivity index (χ3v) is 6.67. The number of allylic oxidation sites excluding steroid dienone is 5. The zero-order chi connectivity index (χ0) is 25.0. The van der Waals surface area contributed by atoms with Gasteiger partial charge in [-0.3, -0.25) is 20.1 Å². The fourth-order valence-corrected chi connectivity index (χ4v) is 4.72. The molecule has 0 aromatic heterocycles. The van der Waals surface area contributed by atoms with Gasteiger partial charge in [-0.05, 0) is 70.1 Å². The highest BCUT2D eigenvalue weighted by molar-refractivity contribution is 5.88. The number of urea groups is 1. The Balaban J connectivity index is 1.70. The van der Waals surface area contributed by atoms with Crippen molar-refractivity contribution in [1.29, 1.82) is 0 Å². The molecule has 3 rings (SSSR count). The number of nitrogens with zero attached hydrogens (tertiary/aromatic N) is 3. The molecule has 1 heterocycles. The number of hydrogen-bond donors (Lipinski definition) is 1. The van der Waals surface area contributed by atoms with Gasteiger partial charge in [0, 0.05) is 31.4 Å². The first-order valence-corrected chi connectivity index (χ1v) is 12.7. The summed E-state index contributed by atoms with van der Waals surface area (Å²) >= 11 is 0. The SMILES string of the molecule is C\C=C/C(=C\C(F)=C/C)N(C(=O)NC=NC1CCC(F)CC1)C1CCN(Cc2ccccc2)CC1. The largest absolute Gasteiger partial charge is 0.327 e. The van der Waals surface area contributed by atoms with E-state index in [4.69, 9.17) is 0 Å². The van der Waals surface area contributed by atoms with Gasteiger partial charge in [-0.1, -0.05) is 42.5 Å². The van der Waals surface area contributed by atoms with E-state index < -0.39 is 12.0 Å². The molecule has 0 bridgehead atoms. The van der Waals surface area contributed by atoms with Crippen LogP contribution in [0.2, 0.25) is 0 Å². The maximum absolute atomic E-state index is 14.3. The number of nitrogens with one attached hydrogen (secondary N) is 1. The van der Waals surface area contributed by atoms with Gasteiger partial charge in [0.15, 0.2) is 0 Å². The second kappa shape index (κ2) is 13.9. The van der Waals surface area contributed by atoms with Crippen LogP contribution in [0.4, 0.5) is 13.6 Å². The van der Waals surface area contributed by atoms with Gasteiger partial charge in [0.05, 0.1) is 12.4 Å². The summed E-state index contributed by atoms with van der Waals surface area (Å²) < 4.78 is 27.6. The Morgan fingerprint density at radius 1 is 1.11 bits per heavy atom. The zero-order valence-corrected chi connectivity index (χ0v) is 20.9. The van der Waals surface area contributed by atoms with Crippen LogP contribution in [0.5, 0.6) is 0 Å². The second-order valence-corrected chi connectivity index (χ2v) is 9.24. The minimum atomic E-state index is -0.741. The Morgan fingerprint density at radius 3 is 2.43 bits per heavy atom. The minimum Gasteiger partial charge on any atom is -0.299 e. The number of hydrogen-bond acceptors (Lipinski definition) is 3. The van der Waals surface area contributed by atoms with E-state index in [0.717, 1.165) is 32.5 Å². The molecule has 1 aromatic carbocycles. The van der Waals surface area contributed by atoms with E-state index in [0.29, 0.717) is 31.4 Å². The number of halogens is 2.